The summed E-state index contributed by atoms with van der Waals surface area (Å²) in [6, 6.07) is 49.3. The van der Waals surface area contributed by atoms with Crippen LogP contribution in [0.15, 0.2) is 188 Å². The molecule has 0 nitrogen and oxygen atoms in total. The molecule has 0 heterocycles. The van der Waals surface area contributed by atoms with Crippen molar-refractivity contribution in [2.24, 2.45) is 0 Å². The van der Waals surface area contributed by atoms with Gasteiger partial charge in [-0.2, -0.15) is 0 Å². The first-order valence-corrected chi connectivity index (χ1v) is 19.9. The zero-order valence-corrected chi connectivity index (χ0v) is 31.6. The van der Waals surface area contributed by atoms with E-state index in [9.17, 15) is 0 Å². The molecule has 0 bridgehead atoms. The largest absolute Gasteiger partial charge is 0.0911 e. The van der Waals surface area contributed by atoms with Crippen molar-refractivity contribution in [2.75, 3.05) is 0 Å². The fraction of sp³-hybridized carbons (Fsp3) is 0.0714. The highest BCUT2D eigenvalue weighted by Gasteiger charge is 2.33. The molecule has 0 radical (unpaired) electrons. The predicted molar refractivity (Wildman–Crippen MR) is 241 cm³/mol. The second-order valence-electron chi connectivity index (χ2n) is 15.5. The maximum Gasteiger partial charge on any atom is -0.000741 e. The van der Waals surface area contributed by atoms with E-state index in [4.69, 9.17) is 6.58 Å². The summed E-state index contributed by atoms with van der Waals surface area (Å²) in [6.45, 7) is 7.11. The maximum absolute atomic E-state index is 4.85. The molecule has 56 heavy (non-hydrogen) atoms. The van der Waals surface area contributed by atoms with Crippen LogP contribution in [0.1, 0.15) is 52.6 Å². The third-order valence-electron chi connectivity index (χ3n) is 12.4. The van der Waals surface area contributed by atoms with Crippen LogP contribution in [0.5, 0.6) is 0 Å². The Hall–Kier alpha value is -6.76. The minimum Gasteiger partial charge on any atom is -0.0911 e. The number of hydrogen-bond donors (Lipinski definition) is 0. The average Bonchev–Trinajstić information content (AvgIpc) is 3.58. The summed E-state index contributed by atoms with van der Waals surface area (Å²) in [5.74, 6) is 0. The molecule has 0 aromatic heterocycles. The molecule has 264 valence electrons. The first-order valence-electron chi connectivity index (χ1n) is 19.9. The van der Waals surface area contributed by atoms with E-state index >= 15 is 0 Å². The number of rotatable bonds is 5. The maximum atomic E-state index is 4.85. The molecular formula is C56H40. The van der Waals surface area contributed by atoms with Crippen LogP contribution in [0, 0.1) is 6.92 Å². The number of hydrogen-bond acceptors (Lipinski definition) is 0. The molecule has 4 aliphatic carbocycles. The lowest BCUT2D eigenvalue weighted by molar-refractivity contribution is 1.07. The highest BCUT2D eigenvalue weighted by atomic mass is 14.4. The summed E-state index contributed by atoms with van der Waals surface area (Å²) in [5, 5.41) is 5.13. The molecule has 0 N–H and O–H groups in total. The lowest BCUT2D eigenvalue weighted by Crippen LogP contribution is -1.95. The highest BCUT2D eigenvalue weighted by molar-refractivity contribution is 6.27. The van der Waals surface area contributed by atoms with Crippen molar-refractivity contribution in [3.8, 4) is 33.4 Å². The number of benzene rings is 7. The second-order valence-corrected chi connectivity index (χ2v) is 15.5. The first-order chi connectivity index (χ1) is 27.7. The quantitative estimate of drug-likeness (QED) is 0.167. The van der Waals surface area contributed by atoms with Gasteiger partial charge in [0.05, 0.1) is 0 Å². The van der Waals surface area contributed by atoms with E-state index in [1.807, 2.05) is 0 Å². The molecule has 7 aromatic rings. The van der Waals surface area contributed by atoms with Gasteiger partial charge in [-0.25, -0.2) is 0 Å². The minimum atomic E-state index is 0.935. The van der Waals surface area contributed by atoms with E-state index in [0.29, 0.717) is 0 Å². The van der Waals surface area contributed by atoms with Crippen molar-refractivity contribution in [3.05, 3.63) is 222 Å². The van der Waals surface area contributed by atoms with E-state index in [0.717, 1.165) is 24.8 Å². The Morgan fingerprint density at radius 3 is 2.07 bits per heavy atom. The van der Waals surface area contributed by atoms with Gasteiger partial charge in [-0.3, -0.25) is 0 Å². The van der Waals surface area contributed by atoms with Crippen LogP contribution in [-0.4, -0.2) is 0 Å². The van der Waals surface area contributed by atoms with Crippen LogP contribution < -0.4 is 0 Å². The number of allylic oxidation sites excluding steroid dienone is 13. The van der Waals surface area contributed by atoms with Gasteiger partial charge in [-0.05, 0) is 154 Å². The minimum absolute atomic E-state index is 0.935. The Kier molecular flexibility index (Phi) is 7.54. The summed E-state index contributed by atoms with van der Waals surface area (Å²) in [7, 11) is 0. The summed E-state index contributed by atoms with van der Waals surface area (Å²) >= 11 is 0. The van der Waals surface area contributed by atoms with Crippen LogP contribution in [0.2, 0.25) is 0 Å². The number of fused-ring (bicyclic) bond motifs is 6. The molecule has 0 fully saturated rings. The Balaban J connectivity index is 1.14. The lowest BCUT2D eigenvalue weighted by atomic mass is 9.82. The molecule has 0 heteroatoms. The monoisotopic (exact) mass is 712 g/mol. The van der Waals surface area contributed by atoms with Gasteiger partial charge in [0.1, 0.15) is 0 Å². The van der Waals surface area contributed by atoms with Gasteiger partial charge in [0, 0.05) is 0 Å². The highest BCUT2D eigenvalue weighted by Crippen LogP contribution is 2.58. The lowest BCUT2D eigenvalue weighted by Gasteiger charge is -2.20. The van der Waals surface area contributed by atoms with Crippen LogP contribution in [-0.2, 0) is 0 Å². The molecule has 7 aromatic carbocycles. The van der Waals surface area contributed by atoms with Gasteiger partial charge in [0.25, 0.3) is 0 Å². The molecule has 0 spiro atoms. The van der Waals surface area contributed by atoms with Crippen molar-refractivity contribution >= 4 is 49.4 Å². The molecule has 0 atom stereocenters. The van der Waals surface area contributed by atoms with Crippen molar-refractivity contribution in [1.29, 1.82) is 0 Å². The van der Waals surface area contributed by atoms with Crippen molar-refractivity contribution in [1.82, 2.24) is 0 Å². The van der Waals surface area contributed by atoms with Crippen LogP contribution in [0.3, 0.4) is 0 Å². The predicted octanol–water partition coefficient (Wildman–Crippen LogP) is 15.3. The summed E-state index contributed by atoms with van der Waals surface area (Å²) in [4.78, 5) is 0. The molecule has 0 amide bonds. The van der Waals surface area contributed by atoms with E-state index in [2.05, 4.69) is 183 Å². The molecule has 0 saturated heterocycles. The fourth-order valence-corrected chi connectivity index (χ4v) is 9.97. The van der Waals surface area contributed by atoms with Gasteiger partial charge in [0.2, 0.25) is 0 Å². The topological polar surface area (TPSA) is 0 Å². The van der Waals surface area contributed by atoms with Gasteiger partial charge in [-0.15, -0.1) is 0 Å². The van der Waals surface area contributed by atoms with Crippen LogP contribution in [0.25, 0.3) is 82.8 Å². The Bertz CT molecular complexity index is 3030. The van der Waals surface area contributed by atoms with Gasteiger partial charge < -0.3 is 0 Å². The third kappa shape index (κ3) is 4.92. The Labute approximate surface area is 329 Å². The zero-order valence-electron chi connectivity index (χ0n) is 31.6. The molecular weight excluding hydrogens is 673 g/mol. The van der Waals surface area contributed by atoms with Crippen molar-refractivity contribution in [2.45, 2.75) is 26.2 Å². The molecule has 0 saturated carbocycles. The van der Waals surface area contributed by atoms with E-state index in [-0.39, 0.29) is 0 Å². The normalized spacial score (nSPS) is 15.8. The van der Waals surface area contributed by atoms with Gasteiger partial charge in [0.15, 0.2) is 0 Å². The summed E-state index contributed by atoms with van der Waals surface area (Å²) in [6.07, 6.45) is 19.2. The molecule has 4 aliphatic rings. The van der Waals surface area contributed by atoms with Gasteiger partial charge in [-0.1, -0.05) is 176 Å². The van der Waals surface area contributed by atoms with E-state index in [1.165, 1.54) is 116 Å². The van der Waals surface area contributed by atoms with Crippen LogP contribution >= 0.6 is 0 Å². The molecule has 0 unspecified atom stereocenters. The standard InChI is InChI=1S/C56H40/c1-35-17-15-26-44-42-30-29-40(37-18-9-5-10-19-37)34-49(42)50(51(35)44)33-36(2)41-31-32-48-54-43(41)27-16-28-47(54)55-52(38-20-7-3-4-8-21-38)45-24-13-14-25-46(45)53(56(48)55)39-22-11-6-12-23-39/h3,5-28,31-34H,2,4,29-30H2,1H3/b50-33-. The average molecular weight is 713 g/mol. The Morgan fingerprint density at radius 2 is 1.25 bits per heavy atom. The van der Waals surface area contributed by atoms with E-state index in [1.54, 1.807) is 0 Å². The molecule has 0 aliphatic heterocycles. The van der Waals surface area contributed by atoms with Crippen molar-refractivity contribution in [3.63, 3.8) is 0 Å². The summed E-state index contributed by atoms with van der Waals surface area (Å²) in [5.41, 5.74) is 23.4. The molecule has 11 rings (SSSR count). The smallest absolute Gasteiger partial charge is 0.000741 e. The van der Waals surface area contributed by atoms with Crippen LogP contribution in [0.4, 0.5) is 0 Å². The summed E-state index contributed by atoms with van der Waals surface area (Å²) < 4.78 is 0. The second kappa shape index (κ2) is 12.9. The van der Waals surface area contributed by atoms with Crippen molar-refractivity contribution < 1.29 is 0 Å². The zero-order chi connectivity index (χ0) is 37.3. The third-order valence-corrected chi connectivity index (χ3v) is 12.4. The fourth-order valence-electron chi connectivity index (χ4n) is 9.97. The van der Waals surface area contributed by atoms with Gasteiger partial charge >= 0.3 is 0 Å². The first kappa shape index (κ1) is 32.7. The van der Waals surface area contributed by atoms with E-state index < -0.39 is 0 Å². The number of aryl methyl sites for hydroxylation is 1. The Morgan fingerprint density at radius 1 is 0.571 bits per heavy atom. The SMILES string of the molecule is C=C(/C=C1/C2=C(CCC(c3ccccc3)=C2)c2cccc(C)c21)c1ccc2c3c(cccc13)-c1c-2c(-c2ccccc2)c2ccccc2c1C1=CC=CCC=C1.